The summed E-state index contributed by atoms with van der Waals surface area (Å²) in [5, 5.41) is 0. The van der Waals surface area contributed by atoms with Crippen molar-refractivity contribution in [1.29, 1.82) is 0 Å². The predicted molar refractivity (Wildman–Crippen MR) is 94.8 cm³/mol. The standard InChI is InChI=1S/C19H20BrNO/c1-2-13-21(14-12-16-6-4-3-5-7-16)19(22)15-17-8-10-18(20)11-9-17/h2-11H,1,12-15H2. The second-order valence-corrected chi connectivity index (χ2v) is 6.08. The maximum Gasteiger partial charge on any atom is 0.227 e. The Morgan fingerprint density at radius 1 is 1.05 bits per heavy atom. The number of hydrogen-bond donors (Lipinski definition) is 0. The van der Waals surface area contributed by atoms with E-state index in [4.69, 9.17) is 0 Å². The van der Waals surface area contributed by atoms with Gasteiger partial charge in [0.05, 0.1) is 6.42 Å². The van der Waals surface area contributed by atoms with Crippen molar-refractivity contribution in [1.82, 2.24) is 4.90 Å². The van der Waals surface area contributed by atoms with Crippen LogP contribution in [0.15, 0.2) is 71.7 Å². The lowest BCUT2D eigenvalue weighted by Crippen LogP contribution is -2.34. The number of halogens is 1. The summed E-state index contributed by atoms with van der Waals surface area (Å²) in [5.41, 5.74) is 2.27. The van der Waals surface area contributed by atoms with Gasteiger partial charge in [0.2, 0.25) is 5.91 Å². The van der Waals surface area contributed by atoms with E-state index in [1.165, 1.54) is 5.56 Å². The van der Waals surface area contributed by atoms with Gasteiger partial charge in [0, 0.05) is 17.6 Å². The summed E-state index contributed by atoms with van der Waals surface area (Å²) in [6.07, 6.45) is 3.07. The molecular formula is C19H20BrNO. The van der Waals surface area contributed by atoms with Crippen LogP contribution in [0.25, 0.3) is 0 Å². The third kappa shape index (κ3) is 5.15. The van der Waals surface area contributed by atoms with Gasteiger partial charge >= 0.3 is 0 Å². The van der Waals surface area contributed by atoms with Gasteiger partial charge in [0.25, 0.3) is 0 Å². The Kier molecular flexibility index (Phi) is 6.41. The summed E-state index contributed by atoms with van der Waals surface area (Å²) in [6.45, 7) is 5.06. The molecule has 2 nitrogen and oxygen atoms in total. The zero-order chi connectivity index (χ0) is 15.8. The molecule has 0 aliphatic heterocycles. The van der Waals surface area contributed by atoms with E-state index >= 15 is 0 Å². The molecule has 0 spiro atoms. The van der Waals surface area contributed by atoms with Crippen molar-refractivity contribution in [2.24, 2.45) is 0 Å². The van der Waals surface area contributed by atoms with Gasteiger partial charge < -0.3 is 4.90 Å². The molecule has 0 heterocycles. The monoisotopic (exact) mass is 357 g/mol. The number of hydrogen-bond acceptors (Lipinski definition) is 1. The highest BCUT2D eigenvalue weighted by Crippen LogP contribution is 2.12. The van der Waals surface area contributed by atoms with E-state index in [0.717, 1.165) is 16.5 Å². The molecule has 0 aliphatic rings. The molecule has 0 saturated carbocycles. The smallest absolute Gasteiger partial charge is 0.227 e. The third-order valence-corrected chi connectivity index (χ3v) is 4.01. The van der Waals surface area contributed by atoms with Gasteiger partial charge in [-0.05, 0) is 29.7 Å². The number of benzene rings is 2. The Morgan fingerprint density at radius 3 is 2.36 bits per heavy atom. The van der Waals surface area contributed by atoms with Gasteiger partial charge in [-0.25, -0.2) is 0 Å². The van der Waals surface area contributed by atoms with Crippen LogP contribution in [0.4, 0.5) is 0 Å². The van der Waals surface area contributed by atoms with Crippen molar-refractivity contribution in [2.45, 2.75) is 12.8 Å². The first kappa shape index (κ1) is 16.5. The summed E-state index contributed by atoms with van der Waals surface area (Å²) >= 11 is 3.41. The first-order valence-electron chi connectivity index (χ1n) is 7.36. The highest BCUT2D eigenvalue weighted by Gasteiger charge is 2.12. The molecule has 22 heavy (non-hydrogen) atoms. The lowest BCUT2D eigenvalue weighted by Gasteiger charge is -2.21. The van der Waals surface area contributed by atoms with Crippen molar-refractivity contribution in [3.63, 3.8) is 0 Å². The Bertz CT molecular complexity index is 607. The molecule has 0 radical (unpaired) electrons. The second kappa shape index (κ2) is 8.54. The maximum absolute atomic E-state index is 12.5. The SMILES string of the molecule is C=CCN(CCc1ccccc1)C(=O)Cc1ccc(Br)cc1. The van der Waals surface area contributed by atoms with Crippen LogP contribution in [0.5, 0.6) is 0 Å². The van der Waals surface area contributed by atoms with Crippen LogP contribution in [0, 0.1) is 0 Å². The molecular weight excluding hydrogens is 338 g/mol. The van der Waals surface area contributed by atoms with E-state index in [9.17, 15) is 4.79 Å². The topological polar surface area (TPSA) is 20.3 Å². The van der Waals surface area contributed by atoms with Crippen molar-refractivity contribution >= 4 is 21.8 Å². The molecule has 0 fully saturated rings. The molecule has 0 aliphatic carbocycles. The first-order chi connectivity index (χ1) is 10.7. The van der Waals surface area contributed by atoms with E-state index in [0.29, 0.717) is 19.5 Å². The number of carbonyl (C=O) groups is 1. The first-order valence-corrected chi connectivity index (χ1v) is 8.15. The largest absolute Gasteiger partial charge is 0.338 e. The molecule has 0 N–H and O–H groups in total. The molecule has 3 heteroatoms. The minimum atomic E-state index is 0.137. The lowest BCUT2D eigenvalue weighted by atomic mass is 10.1. The fourth-order valence-electron chi connectivity index (χ4n) is 2.27. The Balaban J connectivity index is 1.95. The summed E-state index contributed by atoms with van der Waals surface area (Å²) < 4.78 is 1.02. The summed E-state index contributed by atoms with van der Waals surface area (Å²) in [7, 11) is 0. The van der Waals surface area contributed by atoms with E-state index in [1.807, 2.05) is 47.4 Å². The molecule has 2 aromatic carbocycles. The van der Waals surface area contributed by atoms with E-state index in [-0.39, 0.29) is 5.91 Å². The van der Waals surface area contributed by atoms with Crippen LogP contribution in [-0.4, -0.2) is 23.9 Å². The molecule has 2 aromatic rings. The van der Waals surface area contributed by atoms with Gasteiger partial charge in [-0.15, -0.1) is 6.58 Å². The van der Waals surface area contributed by atoms with Crippen LogP contribution >= 0.6 is 15.9 Å². The zero-order valence-electron chi connectivity index (χ0n) is 12.5. The number of amides is 1. The van der Waals surface area contributed by atoms with Crippen LogP contribution in [-0.2, 0) is 17.6 Å². The molecule has 114 valence electrons. The maximum atomic E-state index is 12.5. The van der Waals surface area contributed by atoms with Crippen LogP contribution in [0.1, 0.15) is 11.1 Å². The summed E-state index contributed by atoms with van der Waals surface area (Å²) in [4.78, 5) is 14.3. The number of nitrogens with zero attached hydrogens (tertiary/aromatic N) is 1. The highest BCUT2D eigenvalue weighted by atomic mass is 79.9. The summed E-state index contributed by atoms with van der Waals surface area (Å²) in [5.74, 6) is 0.137. The quantitative estimate of drug-likeness (QED) is 0.678. The van der Waals surface area contributed by atoms with Gasteiger partial charge in [-0.3, -0.25) is 4.79 Å². The van der Waals surface area contributed by atoms with Gasteiger partial charge in [-0.2, -0.15) is 0 Å². The van der Waals surface area contributed by atoms with Crippen molar-refractivity contribution in [3.8, 4) is 0 Å². The zero-order valence-corrected chi connectivity index (χ0v) is 14.1. The van der Waals surface area contributed by atoms with Gasteiger partial charge in [0.15, 0.2) is 0 Å². The molecule has 1 amide bonds. The van der Waals surface area contributed by atoms with E-state index in [2.05, 4.69) is 34.6 Å². The lowest BCUT2D eigenvalue weighted by molar-refractivity contribution is -0.129. The third-order valence-electron chi connectivity index (χ3n) is 3.48. The second-order valence-electron chi connectivity index (χ2n) is 5.17. The average molecular weight is 358 g/mol. The van der Waals surface area contributed by atoms with Gasteiger partial charge in [0.1, 0.15) is 0 Å². The minimum Gasteiger partial charge on any atom is -0.338 e. The minimum absolute atomic E-state index is 0.137. The van der Waals surface area contributed by atoms with Crippen molar-refractivity contribution in [2.75, 3.05) is 13.1 Å². The van der Waals surface area contributed by atoms with E-state index < -0.39 is 0 Å². The van der Waals surface area contributed by atoms with Crippen molar-refractivity contribution in [3.05, 3.63) is 82.9 Å². The molecule has 0 atom stereocenters. The normalized spacial score (nSPS) is 10.2. The number of rotatable bonds is 7. The Hall–Kier alpha value is -1.87. The fraction of sp³-hybridized carbons (Fsp3) is 0.211. The van der Waals surface area contributed by atoms with Gasteiger partial charge in [-0.1, -0.05) is 64.5 Å². The molecule has 0 unspecified atom stereocenters. The fourth-order valence-corrected chi connectivity index (χ4v) is 2.54. The molecule has 0 aromatic heterocycles. The Labute approximate surface area is 140 Å². The van der Waals surface area contributed by atoms with Crippen LogP contribution in [0.3, 0.4) is 0 Å². The van der Waals surface area contributed by atoms with Crippen molar-refractivity contribution < 1.29 is 4.79 Å². The molecule has 0 bridgehead atoms. The predicted octanol–water partition coefficient (Wildman–Crippen LogP) is 4.25. The number of carbonyl (C=O) groups excluding carboxylic acids is 1. The molecule has 2 rings (SSSR count). The average Bonchev–Trinajstić information content (AvgIpc) is 2.54. The Morgan fingerprint density at radius 2 is 1.73 bits per heavy atom. The summed E-state index contributed by atoms with van der Waals surface area (Å²) in [6, 6.07) is 18.1. The van der Waals surface area contributed by atoms with Crippen LogP contribution < -0.4 is 0 Å². The van der Waals surface area contributed by atoms with E-state index in [1.54, 1.807) is 6.08 Å². The molecule has 0 saturated heterocycles. The van der Waals surface area contributed by atoms with Crippen LogP contribution in [0.2, 0.25) is 0 Å². The highest BCUT2D eigenvalue weighted by molar-refractivity contribution is 9.10.